The molecule has 4 aliphatic carbocycles. The minimum atomic E-state index is 0.149. The third-order valence-corrected chi connectivity index (χ3v) is 9.54. The van der Waals surface area contributed by atoms with E-state index in [1.165, 1.54) is 37.7 Å². The summed E-state index contributed by atoms with van der Waals surface area (Å²) in [6.45, 7) is 7.48. The molecule has 0 heterocycles. The van der Waals surface area contributed by atoms with Crippen LogP contribution in [0.3, 0.4) is 0 Å². The predicted molar refractivity (Wildman–Crippen MR) is 101 cm³/mol. The van der Waals surface area contributed by atoms with E-state index < -0.39 is 0 Å². The largest absolute Gasteiger partial charge is 0.396 e. The van der Waals surface area contributed by atoms with Gasteiger partial charge < -0.3 is 5.11 Å². The number of ketones is 1. The molecule has 0 saturated heterocycles. The molecule has 3 fully saturated rings. The highest BCUT2D eigenvalue weighted by Crippen LogP contribution is 2.67. The molecule has 0 aliphatic heterocycles. The van der Waals surface area contributed by atoms with E-state index in [1.54, 1.807) is 0 Å². The second-order valence-corrected chi connectivity index (χ2v) is 10.3. The standard InChI is InChI=1S/C22H33ClO2/c1-13(12-24)15-6-7-16-14-4-5-18-20(23)19(25)9-11-22(18,3)17(14)8-10-21(15,16)2/h13-17,24H,4-12H2,1-3H3/t13?,14-,15+,16-,17-,21+,22+/m0/s1. The first-order valence-electron chi connectivity index (χ1n) is 10.4. The Labute approximate surface area is 157 Å². The van der Waals surface area contributed by atoms with Gasteiger partial charge in [-0.05, 0) is 90.9 Å². The number of Topliss-reactive ketones (excluding diaryl/α,β-unsaturated/α-hetero) is 1. The lowest BCUT2D eigenvalue weighted by Crippen LogP contribution is -2.51. The zero-order valence-corrected chi connectivity index (χ0v) is 16.7. The molecule has 0 amide bonds. The van der Waals surface area contributed by atoms with Crippen LogP contribution < -0.4 is 0 Å². The maximum Gasteiger partial charge on any atom is 0.174 e. The zero-order chi connectivity index (χ0) is 18.0. The van der Waals surface area contributed by atoms with Crippen LogP contribution >= 0.6 is 11.6 Å². The number of aliphatic hydroxyl groups is 1. The Bertz CT molecular complexity index is 611. The molecular formula is C22H33ClO2. The average molecular weight is 365 g/mol. The fourth-order valence-corrected chi connectivity index (χ4v) is 8.16. The van der Waals surface area contributed by atoms with E-state index in [4.69, 9.17) is 11.6 Å². The van der Waals surface area contributed by atoms with Crippen LogP contribution in [0.25, 0.3) is 0 Å². The number of aliphatic hydroxyl groups excluding tert-OH is 1. The van der Waals surface area contributed by atoms with Crippen molar-refractivity contribution in [2.45, 2.75) is 72.1 Å². The van der Waals surface area contributed by atoms with E-state index in [-0.39, 0.29) is 11.2 Å². The van der Waals surface area contributed by atoms with Gasteiger partial charge in [0.2, 0.25) is 0 Å². The second-order valence-electron chi connectivity index (χ2n) is 9.94. The predicted octanol–water partition coefficient (Wildman–Crippen LogP) is 5.33. The van der Waals surface area contributed by atoms with E-state index >= 15 is 0 Å². The summed E-state index contributed by atoms with van der Waals surface area (Å²) >= 11 is 6.49. The van der Waals surface area contributed by atoms with Gasteiger partial charge in [0.05, 0.1) is 5.03 Å². The summed E-state index contributed by atoms with van der Waals surface area (Å²) < 4.78 is 0. The van der Waals surface area contributed by atoms with Gasteiger partial charge in [-0.2, -0.15) is 0 Å². The third kappa shape index (κ3) is 2.42. The lowest BCUT2D eigenvalue weighted by atomic mass is 9.46. The Balaban J connectivity index is 1.66. The van der Waals surface area contributed by atoms with Crippen molar-refractivity contribution in [3.8, 4) is 0 Å². The fraction of sp³-hybridized carbons (Fsp3) is 0.864. The topological polar surface area (TPSA) is 37.3 Å². The summed E-state index contributed by atoms with van der Waals surface area (Å²) in [7, 11) is 0. The molecular weight excluding hydrogens is 332 g/mol. The molecule has 4 rings (SSSR count). The number of fused-ring (bicyclic) bond motifs is 5. The number of carbonyl (C=O) groups is 1. The lowest BCUT2D eigenvalue weighted by molar-refractivity contribution is -0.118. The van der Waals surface area contributed by atoms with Crippen molar-refractivity contribution in [1.82, 2.24) is 0 Å². The van der Waals surface area contributed by atoms with Gasteiger partial charge in [0.15, 0.2) is 5.78 Å². The summed E-state index contributed by atoms with van der Waals surface area (Å²) in [5, 5.41) is 10.3. The van der Waals surface area contributed by atoms with E-state index in [0.717, 1.165) is 24.7 Å². The Morgan fingerprint density at radius 3 is 2.60 bits per heavy atom. The van der Waals surface area contributed by atoms with E-state index in [2.05, 4.69) is 20.8 Å². The van der Waals surface area contributed by atoms with Crippen LogP contribution in [0.4, 0.5) is 0 Å². The SMILES string of the molecule is CC(CO)[C@H]1CC[C@H]2[C@@H]3CCC4=C(Cl)C(=O)CC[C@]4(C)[C@H]3CC[C@]12C. The zero-order valence-electron chi connectivity index (χ0n) is 16.0. The lowest BCUT2D eigenvalue weighted by Gasteiger charge is -2.58. The van der Waals surface area contributed by atoms with Crippen molar-refractivity contribution < 1.29 is 9.90 Å². The van der Waals surface area contributed by atoms with E-state index in [9.17, 15) is 9.90 Å². The Kier molecular flexibility index (Phi) is 4.40. The number of halogens is 1. The van der Waals surface area contributed by atoms with Crippen LogP contribution in [0.2, 0.25) is 0 Å². The third-order valence-electron chi connectivity index (χ3n) is 9.10. The molecule has 1 unspecified atom stereocenters. The van der Waals surface area contributed by atoms with Gasteiger partial charge >= 0.3 is 0 Å². The first kappa shape index (κ1) is 18.0. The van der Waals surface area contributed by atoms with E-state index in [1.807, 2.05) is 0 Å². The van der Waals surface area contributed by atoms with Gasteiger partial charge in [0.1, 0.15) is 0 Å². The van der Waals surface area contributed by atoms with Gasteiger partial charge in [0.25, 0.3) is 0 Å². The summed E-state index contributed by atoms with van der Waals surface area (Å²) in [5.41, 5.74) is 1.83. The van der Waals surface area contributed by atoms with Crippen molar-refractivity contribution in [1.29, 1.82) is 0 Å². The van der Waals surface area contributed by atoms with Gasteiger partial charge in [0, 0.05) is 13.0 Å². The van der Waals surface area contributed by atoms with Gasteiger partial charge in [-0.15, -0.1) is 0 Å². The minimum Gasteiger partial charge on any atom is -0.396 e. The van der Waals surface area contributed by atoms with Crippen molar-refractivity contribution >= 4 is 17.4 Å². The summed E-state index contributed by atoms with van der Waals surface area (Å²) in [5.74, 6) is 3.53. The molecule has 0 spiro atoms. The molecule has 1 N–H and O–H groups in total. The van der Waals surface area contributed by atoms with Crippen molar-refractivity contribution in [2.24, 2.45) is 40.4 Å². The molecule has 0 radical (unpaired) electrons. The Hall–Kier alpha value is -0.340. The minimum absolute atomic E-state index is 0.149. The monoisotopic (exact) mass is 364 g/mol. The number of hydrogen-bond acceptors (Lipinski definition) is 2. The molecule has 140 valence electrons. The molecule has 0 aromatic carbocycles. The molecule has 4 aliphatic rings. The Morgan fingerprint density at radius 1 is 1.12 bits per heavy atom. The maximum atomic E-state index is 12.1. The van der Waals surface area contributed by atoms with E-state index in [0.29, 0.717) is 41.2 Å². The molecule has 2 nitrogen and oxygen atoms in total. The Morgan fingerprint density at radius 2 is 1.88 bits per heavy atom. The van der Waals surface area contributed by atoms with Crippen LogP contribution in [0.15, 0.2) is 10.6 Å². The first-order valence-corrected chi connectivity index (χ1v) is 10.7. The summed E-state index contributed by atoms with van der Waals surface area (Å²) in [4.78, 5) is 12.1. The van der Waals surface area contributed by atoms with Gasteiger partial charge in [-0.3, -0.25) is 4.79 Å². The van der Waals surface area contributed by atoms with Crippen LogP contribution in [-0.4, -0.2) is 17.5 Å². The molecule has 7 atom stereocenters. The van der Waals surface area contributed by atoms with Crippen molar-refractivity contribution in [3.05, 3.63) is 10.6 Å². The molecule has 0 bridgehead atoms. The van der Waals surface area contributed by atoms with Gasteiger partial charge in [-0.25, -0.2) is 0 Å². The fourth-order valence-electron chi connectivity index (χ4n) is 7.75. The molecule has 25 heavy (non-hydrogen) atoms. The maximum absolute atomic E-state index is 12.1. The van der Waals surface area contributed by atoms with Gasteiger partial charge in [-0.1, -0.05) is 32.4 Å². The molecule has 3 heteroatoms. The highest BCUT2D eigenvalue weighted by molar-refractivity contribution is 6.43. The van der Waals surface area contributed by atoms with Crippen LogP contribution in [0.1, 0.15) is 72.1 Å². The summed E-state index contributed by atoms with van der Waals surface area (Å²) in [6.07, 6.45) is 9.02. The second kappa shape index (κ2) is 6.09. The highest BCUT2D eigenvalue weighted by atomic mass is 35.5. The number of rotatable bonds is 2. The summed E-state index contributed by atoms with van der Waals surface area (Å²) in [6, 6.07) is 0. The first-order chi connectivity index (χ1) is 11.8. The van der Waals surface area contributed by atoms with Crippen molar-refractivity contribution in [3.63, 3.8) is 0 Å². The van der Waals surface area contributed by atoms with Crippen LogP contribution in [0.5, 0.6) is 0 Å². The molecule has 0 aromatic rings. The smallest absolute Gasteiger partial charge is 0.174 e. The van der Waals surface area contributed by atoms with Crippen molar-refractivity contribution in [2.75, 3.05) is 6.61 Å². The molecule has 3 saturated carbocycles. The van der Waals surface area contributed by atoms with Crippen LogP contribution in [0, 0.1) is 40.4 Å². The number of hydrogen-bond donors (Lipinski definition) is 1. The molecule has 0 aromatic heterocycles. The normalized spacial score (nSPS) is 48.0. The highest BCUT2D eigenvalue weighted by Gasteiger charge is 2.59. The average Bonchev–Trinajstić information content (AvgIpc) is 2.95. The number of allylic oxidation sites excluding steroid dienone is 1. The number of carbonyl (C=O) groups excluding carboxylic acids is 1. The van der Waals surface area contributed by atoms with Crippen LogP contribution in [-0.2, 0) is 4.79 Å². The quantitative estimate of drug-likeness (QED) is 0.719.